The molecule has 0 unspecified atom stereocenters. The normalized spacial score (nSPS) is 11.2. The van der Waals surface area contributed by atoms with E-state index in [1.165, 1.54) is 0 Å². The van der Waals surface area contributed by atoms with E-state index >= 15 is 0 Å². The van der Waals surface area contributed by atoms with Gasteiger partial charge in [0, 0.05) is 50.1 Å². The molecule has 14 heteroatoms. The first kappa shape index (κ1) is 38.5. The van der Waals surface area contributed by atoms with Crippen LogP contribution in [0.25, 0.3) is 22.5 Å². The van der Waals surface area contributed by atoms with Gasteiger partial charge in [0.2, 0.25) is 0 Å². The van der Waals surface area contributed by atoms with E-state index in [1.807, 2.05) is 36.4 Å². The van der Waals surface area contributed by atoms with Crippen molar-refractivity contribution in [3.63, 3.8) is 0 Å². The molecule has 0 radical (unpaired) electrons. The number of anilines is 2. The van der Waals surface area contributed by atoms with Crippen molar-refractivity contribution in [2.45, 2.75) is 54.4 Å². The smallest absolute Gasteiger partial charge is 0.298 e. The molecule has 0 spiro atoms. The molecule has 254 valence electrons. The molecule has 2 aromatic heterocycles. The van der Waals surface area contributed by atoms with Crippen molar-refractivity contribution in [1.29, 1.82) is 0 Å². The largest absolute Gasteiger partial charge is 0.748 e. The molecule has 0 atom stereocenters. The Morgan fingerprint density at radius 2 is 0.870 bits per heavy atom. The highest BCUT2D eigenvalue weighted by atomic mass is 32.2. The monoisotopic (exact) mass is 676 g/mol. The van der Waals surface area contributed by atoms with Gasteiger partial charge in [-0.1, -0.05) is 74.5 Å². The van der Waals surface area contributed by atoms with Crippen LogP contribution < -0.4 is 9.80 Å². The van der Waals surface area contributed by atoms with Crippen LogP contribution in [-0.4, -0.2) is 73.6 Å². The Hall–Kier alpha value is -3.72. The van der Waals surface area contributed by atoms with E-state index in [1.54, 1.807) is 0 Å². The van der Waals surface area contributed by atoms with Crippen molar-refractivity contribution in [3.8, 4) is 22.5 Å². The summed E-state index contributed by atoms with van der Waals surface area (Å²) in [6, 6.07) is 21.9. The minimum atomic E-state index is -4.59. The van der Waals surface area contributed by atoms with Crippen LogP contribution in [0.1, 0.15) is 53.1 Å². The van der Waals surface area contributed by atoms with E-state index in [-0.39, 0.29) is 0 Å². The van der Waals surface area contributed by atoms with E-state index in [9.17, 15) is 25.9 Å². The topological polar surface area (TPSA) is 173 Å². The lowest BCUT2D eigenvalue weighted by molar-refractivity contribution is 0.452. The summed E-state index contributed by atoms with van der Waals surface area (Å²) >= 11 is 0. The van der Waals surface area contributed by atoms with Crippen molar-refractivity contribution in [3.05, 3.63) is 72.2 Å². The summed E-state index contributed by atoms with van der Waals surface area (Å²) < 4.78 is 70.1. The van der Waals surface area contributed by atoms with Gasteiger partial charge in [-0.3, -0.25) is 0 Å². The molecule has 0 bridgehead atoms. The highest BCUT2D eigenvalue weighted by Gasteiger charge is 2.17. The molecular weight excluding hydrogens is 633 g/mol. The van der Waals surface area contributed by atoms with E-state index < -0.39 is 31.7 Å². The van der Waals surface area contributed by atoms with Crippen LogP contribution in [0.15, 0.2) is 69.5 Å². The maximum atomic E-state index is 9.72. The second-order valence-electron chi connectivity index (χ2n) is 9.84. The molecule has 2 heterocycles. The first-order valence-electron chi connectivity index (χ1n) is 15.3. The first-order valence-corrected chi connectivity index (χ1v) is 18.4. The van der Waals surface area contributed by atoms with Gasteiger partial charge in [0.1, 0.15) is 22.9 Å². The minimum Gasteiger partial charge on any atom is -0.748 e. The van der Waals surface area contributed by atoms with Crippen LogP contribution in [0.3, 0.4) is 0 Å². The summed E-state index contributed by atoms with van der Waals surface area (Å²) in [5, 5.41) is 0. The predicted molar refractivity (Wildman–Crippen MR) is 179 cm³/mol. The zero-order valence-corrected chi connectivity index (χ0v) is 28.9. The van der Waals surface area contributed by atoms with Gasteiger partial charge in [-0.15, -0.1) is 0 Å². The average molecular weight is 677 g/mol. The number of hydrogen-bond acceptors (Lipinski definition) is 12. The highest BCUT2D eigenvalue weighted by Crippen LogP contribution is 2.29. The summed E-state index contributed by atoms with van der Waals surface area (Å²) in [6.07, 6.45) is 1.72. The number of nitrogens with zero attached hydrogens (tertiary/aromatic N) is 4. The molecule has 0 aliphatic heterocycles. The Morgan fingerprint density at radius 3 is 1.11 bits per heavy atom. The van der Waals surface area contributed by atoms with Gasteiger partial charge in [-0.2, -0.15) is 9.97 Å². The lowest BCUT2D eigenvalue weighted by Gasteiger charge is -2.14. The van der Waals surface area contributed by atoms with Crippen LogP contribution >= 0.6 is 0 Å². The molecule has 12 nitrogen and oxygen atoms in total. The third kappa shape index (κ3) is 12.2. The maximum absolute atomic E-state index is 9.72. The Labute approximate surface area is 273 Å². The van der Waals surface area contributed by atoms with Gasteiger partial charge in [-0.05, 0) is 27.7 Å². The summed E-state index contributed by atoms with van der Waals surface area (Å²) in [6.45, 7) is 16.3. The fraction of sp³-hybridized carbons (Fsp3) is 0.438. The van der Waals surface area contributed by atoms with Crippen LogP contribution in [0, 0.1) is 0 Å². The van der Waals surface area contributed by atoms with E-state index in [2.05, 4.69) is 85.6 Å². The molecule has 0 N–H and O–H groups in total. The molecule has 2 aromatic carbocycles. The summed E-state index contributed by atoms with van der Waals surface area (Å²) in [7, 11) is -9.17. The van der Waals surface area contributed by atoms with Gasteiger partial charge < -0.3 is 27.7 Å². The zero-order valence-electron chi connectivity index (χ0n) is 27.3. The molecular formula is C32H44N4O8S2-2. The average Bonchev–Trinajstić information content (AvgIpc) is 3.67. The number of hydrogen-bond donors (Lipinski definition) is 0. The van der Waals surface area contributed by atoms with Gasteiger partial charge in [0.05, 0.1) is 31.7 Å². The number of oxazole rings is 2. The fourth-order valence-corrected chi connectivity index (χ4v) is 5.90. The number of benzene rings is 2. The van der Waals surface area contributed by atoms with Crippen molar-refractivity contribution in [2.24, 2.45) is 0 Å². The first-order chi connectivity index (χ1) is 21.8. The van der Waals surface area contributed by atoms with E-state index in [4.69, 9.17) is 8.83 Å². The van der Waals surface area contributed by atoms with Crippen LogP contribution in [0.2, 0.25) is 0 Å². The third-order valence-electron chi connectivity index (χ3n) is 6.76. The van der Waals surface area contributed by atoms with Crippen LogP contribution in [-0.2, 0) is 33.1 Å². The van der Waals surface area contributed by atoms with Gasteiger partial charge in [0.15, 0.2) is 0 Å². The molecule has 0 fully saturated rings. The Morgan fingerprint density at radius 1 is 0.565 bits per heavy atom. The molecule has 0 saturated carbocycles. The second kappa shape index (κ2) is 18.4. The number of rotatable bonds is 13. The summed E-state index contributed by atoms with van der Waals surface area (Å²) in [5.74, 6) is -0.385. The molecule has 4 aromatic rings. The van der Waals surface area contributed by atoms with Crippen molar-refractivity contribution in [2.75, 3.05) is 47.5 Å². The summed E-state index contributed by atoms with van der Waals surface area (Å²) in [5.41, 5.74) is 4.19. The van der Waals surface area contributed by atoms with Gasteiger partial charge >= 0.3 is 0 Å². The van der Waals surface area contributed by atoms with Crippen molar-refractivity contribution < 1.29 is 34.8 Å². The molecule has 0 amide bonds. The van der Waals surface area contributed by atoms with E-state index in [0.29, 0.717) is 0 Å². The lowest BCUT2D eigenvalue weighted by atomic mass is 10.1. The molecule has 0 aliphatic carbocycles. The SMILES string of the molecule is CCc1oc(N(CC)CC)nc1-c1ccccc1.CCc1oc(N(CC)CC)nc1-c1ccccc1.O=S(=O)([O-])CCS(=O)(=O)[O-]. The highest BCUT2D eigenvalue weighted by molar-refractivity contribution is 7.89. The zero-order chi connectivity index (χ0) is 34.3. The van der Waals surface area contributed by atoms with Crippen molar-refractivity contribution >= 4 is 32.3 Å². The fourth-order valence-electron chi connectivity index (χ4n) is 4.26. The predicted octanol–water partition coefficient (Wildman–Crippen LogP) is 5.58. The van der Waals surface area contributed by atoms with E-state index in [0.717, 1.165) is 85.1 Å². The Bertz CT molecular complexity index is 1540. The quantitative estimate of drug-likeness (QED) is 0.161. The molecule has 0 aliphatic rings. The van der Waals surface area contributed by atoms with Crippen LogP contribution in [0.4, 0.5) is 12.0 Å². The summed E-state index contributed by atoms with van der Waals surface area (Å²) in [4.78, 5) is 13.6. The number of aryl methyl sites for hydroxylation is 2. The molecule has 46 heavy (non-hydrogen) atoms. The maximum Gasteiger partial charge on any atom is 0.298 e. The Kier molecular flexibility index (Phi) is 15.4. The molecule has 0 saturated heterocycles. The standard InChI is InChI=1S/2C15H20N2O.C2H6O6S2/c2*1-4-13-14(12-10-8-7-9-11-12)16-15(18-13)17(5-2)6-3;3-9(4,5)1-2-10(6,7)8/h2*7-11H,4-6H2,1-3H3;1-2H2,(H,3,4,5)(H,6,7,8)/p-2. The van der Waals surface area contributed by atoms with Gasteiger partial charge in [0.25, 0.3) is 12.0 Å². The minimum absolute atomic E-state index is 0.732. The molecule has 4 rings (SSSR count). The van der Waals surface area contributed by atoms with Crippen molar-refractivity contribution in [1.82, 2.24) is 9.97 Å². The van der Waals surface area contributed by atoms with Gasteiger partial charge in [-0.25, -0.2) is 16.8 Å². The Balaban J connectivity index is 0.000000252. The lowest BCUT2D eigenvalue weighted by Crippen LogP contribution is -2.21. The van der Waals surface area contributed by atoms with Crippen LogP contribution in [0.5, 0.6) is 0 Å². The number of aromatic nitrogens is 2. The third-order valence-corrected chi connectivity index (χ3v) is 8.43. The second-order valence-corrected chi connectivity index (χ2v) is 12.9.